The summed E-state index contributed by atoms with van der Waals surface area (Å²) in [5.74, 6) is -0.144. The molecule has 0 bridgehead atoms. The van der Waals surface area contributed by atoms with Crippen molar-refractivity contribution >= 4 is 38.7 Å². The lowest BCUT2D eigenvalue weighted by molar-refractivity contribution is 0.0659. The maximum Gasteiger partial charge on any atom is 0.253 e. The largest absolute Gasteiger partial charge is 0.336 e. The van der Waals surface area contributed by atoms with E-state index in [0.717, 1.165) is 11.1 Å². The van der Waals surface area contributed by atoms with Crippen LogP contribution in [-0.2, 0) is 9.84 Å². The maximum absolute atomic E-state index is 12.6. The number of sulfone groups is 1. The molecule has 3 aromatic rings. The molecule has 0 spiro atoms. The van der Waals surface area contributed by atoms with Gasteiger partial charge in [-0.1, -0.05) is 23.7 Å². The maximum atomic E-state index is 12.6. The first-order valence-corrected chi connectivity index (χ1v) is 11.2. The van der Waals surface area contributed by atoms with Crippen molar-refractivity contribution in [1.82, 2.24) is 4.90 Å². The first kappa shape index (κ1) is 18.2. The van der Waals surface area contributed by atoms with Crippen molar-refractivity contribution in [3.8, 4) is 11.1 Å². The van der Waals surface area contributed by atoms with Crippen LogP contribution in [0.3, 0.4) is 0 Å². The number of hydrogen-bond donors (Lipinski definition) is 0. The number of nitrogens with zero attached hydrogens (tertiary/aromatic N) is 1. The number of amides is 1. The number of benzene rings is 2. The summed E-state index contributed by atoms with van der Waals surface area (Å²) in [6.07, 6.45) is 0. The molecule has 0 aliphatic carbocycles. The Labute approximate surface area is 166 Å². The van der Waals surface area contributed by atoms with E-state index >= 15 is 0 Å². The summed E-state index contributed by atoms with van der Waals surface area (Å²) in [6, 6.07) is 15.6. The number of likely N-dealkylation sites (tertiary alicyclic amines) is 1. The molecule has 1 amide bonds. The van der Waals surface area contributed by atoms with Crippen LogP contribution in [0.5, 0.6) is 0 Å². The van der Waals surface area contributed by atoms with E-state index in [4.69, 9.17) is 11.6 Å². The van der Waals surface area contributed by atoms with Gasteiger partial charge in [-0.25, -0.2) is 8.42 Å². The molecule has 0 N–H and O–H groups in total. The van der Waals surface area contributed by atoms with Gasteiger partial charge in [-0.15, -0.1) is 0 Å². The molecule has 27 heavy (non-hydrogen) atoms. The van der Waals surface area contributed by atoms with E-state index in [1.165, 1.54) is 12.1 Å². The minimum Gasteiger partial charge on any atom is -0.336 e. The van der Waals surface area contributed by atoms with Gasteiger partial charge >= 0.3 is 0 Å². The summed E-state index contributed by atoms with van der Waals surface area (Å²) >= 11 is 7.44. The SMILES string of the molecule is O=C(c1ccc(-c2ccsc2)cc1)N1CC(S(=O)(=O)c2ccc(Cl)cc2)C1. The zero-order valence-corrected chi connectivity index (χ0v) is 16.6. The third kappa shape index (κ3) is 3.52. The lowest BCUT2D eigenvalue weighted by Crippen LogP contribution is -2.56. The van der Waals surface area contributed by atoms with Gasteiger partial charge in [-0.05, 0) is 64.4 Å². The second-order valence-corrected chi connectivity index (χ2v) is 9.87. The zero-order valence-electron chi connectivity index (χ0n) is 14.2. The lowest BCUT2D eigenvalue weighted by atomic mass is 10.1. The molecule has 1 aliphatic heterocycles. The molecular weight excluding hydrogens is 402 g/mol. The van der Waals surface area contributed by atoms with Gasteiger partial charge in [-0.2, -0.15) is 11.3 Å². The predicted octanol–water partition coefficient (Wildman–Crippen LogP) is 4.37. The van der Waals surface area contributed by atoms with Crippen molar-refractivity contribution in [2.24, 2.45) is 0 Å². The third-order valence-corrected chi connectivity index (χ3v) is 7.74. The Bertz CT molecular complexity index is 1050. The normalized spacial score (nSPS) is 14.8. The van der Waals surface area contributed by atoms with Gasteiger partial charge in [0.05, 0.1) is 4.90 Å². The van der Waals surface area contributed by atoms with Crippen LogP contribution < -0.4 is 0 Å². The second kappa shape index (κ2) is 7.11. The van der Waals surface area contributed by atoms with E-state index in [9.17, 15) is 13.2 Å². The highest BCUT2D eigenvalue weighted by molar-refractivity contribution is 7.92. The van der Waals surface area contributed by atoms with Crippen LogP contribution in [0, 0.1) is 0 Å². The van der Waals surface area contributed by atoms with Crippen LogP contribution in [-0.4, -0.2) is 37.6 Å². The first-order valence-electron chi connectivity index (χ1n) is 8.36. The second-order valence-electron chi connectivity index (χ2n) is 6.42. The van der Waals surface area contributed by atoms with E-state index in [1.54, 1.807) is 40.5 Å². The summed E-state index contributed by atoms with van der Waals surface area (Å²) in [5.41, 5.74) is 2.74. The number of rotatable bonds is 4. The molecule has 2 aromatic carbocycles. The number of carbonyl (C=O) groups excluding carboxylic acids is 1. The molecule has 7 heteroatoms. The summed E-state index contributed by atoms with van der Waals surface area (Å²) in [4.78, 5) is 14.4. The molecule has 0 radical (unpaired) electrons. The molecule has 4 rings (SSSR count). The van der Waals surface area contributed by atoms with E-state index in [1.807, 2.05) is 23.6 Å². The summed E-state index contributed by atoms with van der Waals surface area (Å²) in [7, 11) is -3.46. The van der Waals surface area contributed by atoms with Crippen LogP contribution >= 0.6 is 22.9 Å². The van der Waals surface area contributed by atoms with Gasteiger partial charge in [0.15, 0.2) is 9.84 Å². The van der Waals surface area contributed by atoms with Gasteiger partial charge < -0.3 is 4.90 Å². The molecule has 0 saturated carbocycles. The summed E-state index contributed by atoms with van der Waals surface area (Å²) < 4.78 is 25.3. The number of hydrogen-bond acceptors (Lipinski definition) is 4. The monoisotopic (exact) mass is 417 g/mol. The van der Waals surface area contributed by atoms with Crippen molar-refractivity contribution in [3.63, 3.8) is 0 Å². The Morgan fingerprint density at radius 1 is 0.963 bits per heavy atom. The molecule has 138 valence electrons. The Hall–Kier alpha value is -2.15. The third-order valence-electron chi connectivity index (χ3n) is 4.70. The van der Waals surface area contributed by atoms with Gasteiger partial charge in [-0.3, -0.25) is 4.79 Å². The molecule has 0 atom stereocenters. The van der Waals surface area contributed by atoms with Crippen LogP contribution in [0.15, 0.2) is 70.3 Å². The van der Waals surface area contributed by atoms with E-state index in [0.29, 0.717) is 10.6 Å². The number of carbonyl (C=O) groups is 1. The fourth-order valence-corrected chi connectivity index (χ4v) is 5.48. The minimum atomic E-state index is -3.46. The highest BCUT2D eigenvalue weighted by Gasteiger charge is 2.40. The fourth-order valence-electron chi connectivity index (χ4n) is 3.03. The van der Waals surface area contributed by atoms with Gasteiger partial charge in [0.25, 0.3) is 5.91 Å². The highest BCUT2D eigenvalue weighted by Crippen LogP contribution is 2.27. The van der Waals surface area contributed by atoms with Crippen LogP contribution in [0.25, 0.3) is 11.1 Å². The topological polar surface area (TPSA) is 54.5 Å². The predicted molar refractivity (Wildman–Crippen MR) is 108 cm³/mol. The van der Waals surface area contributed by atoms with Gasteiger partial charge in [0, 0.05) is 23.7 Å². The van der Waals surface area contributed by atoms with Crippen LogP contribution in [0.4, 0.5) is 0 Å². The van der Waals surface area contributed by atoms with Crippen molar-refractivity contribution in [2.45, 2.75) is 10.1 Å². The summed E-state index contributed by atoms with van der Waals surface area (Å²) in [5, 5.41) is 3.98. The Morgan fingerprint density at radius 2 is 1.63 bits per heavy atom. The zero-order chi connectivity index (χ0) is 19.0. The molecule has 1 saturated heterocycles. The molecule has 4 nitrogen and oxygen atoms in total. The van der Waals surface area contributed by atoms with E-state index in [2.05, 4.69) is 5.38 Å². The highest BCUT2D eigenvalue weighted by atomic mass is 35.5. The van der Waals surface area contributed by atoms with Crippen molar-refractivity contribution in [1.29, 1.82) is 0 Å². The van der Waals surface area contributed by atoms with Gasteiger partial charge in [0.1, 0.15) is 5.25 Å². The molecule has 0 unspecified atom stereocenters. The Balaban J connectivity index is 1.43. The molecule has 1 aromatic heterocycles. The van der Waals surface area contributed by atoms with Crippen molar-refractivity contribution in [2.75, 3.05) is 13.1 Å². The first-order chi connectivity index (χ1) is 12.9. The van der Waals surface area contributed by atoms with Crippen molar-refractivity contribution < 1.29 is 13.2 Å². The van der Waals surface area contributed by atoms with Crippen LogP contribution in [0.1, 0.15) is 10.4 Å². The molecule has 1 fully saturated rings. The smallest absolute Gasteiger partial charge is 0.253 e. The van der Waals surface area contributed by atoms with Gasteiger partial charge in [0.2, 0.25) is 0 Å². The average molecular weight is 418 g/mol. The summed E-state index contributed by atoms with van der Waals surface area (Å²) in [6.45, 7) is 0.409. The lowest BCUT2D eigenvalue weighted by Gasteiger charge is -2.38. The average Bonchev–Trinajstić information content (AvgIpc) is 3.15. The molecular formula is C20H16ClNO3S2. The Morgan fingerprint density at radius 3 is 2.22 bits per heavy atom. The quantitative estimate of drug-likeness (QED) is 0.633. The Kier molecular flexibility index (Phi) is 4.80. The molecule has 2 heterocycles. The van der Waals surface area contributed by atoms with Crippen LogP contribution in [0.2, 0.25) is 5.02 Å². The number of halogens is 1. The minimum absolute atomic E-state index is 0.144. The standard InChI is InChI=1S/C20H16ClNO3S2/c21-17-5-7-18(8-6-17)27(24,25)19-11-22(12-19)20(23)15-3-1-14(2-4-15)16-9-10-26-13-16/h1-10,13,19H,11-12H2. The van der Waals surface area contributed by atoms with E-state index < -0.39 is 15.1 Å². The fraction of sp³-hybridized carbons (Fsp3) is 0.150. The number of thiophene rings is 1. The van der Waals surface area contributed by atoms with Crippen molar-refractivity contribution in [3.05, 3.63) is 75.9 Å². The van der Waals surface area contributed by atoms with E-state index in [-0.39, 0.29) is 23.9 Å². The molecule has 1 aliphatic rings.